The lowest BCUT2D eigenvalue weighted by Crippen LogP contribution is -2.70. The van der Waals surface area contributed by atoms with Crippen LogP contribution in [-0.2, 0) is 24.0 Å². The van der Waals surface area contributed by atoms with Crippen LogP contribution in [0.5, 0.6) is 0 Å². The molecule has 0 aromatic heterocycles. The van der Waals surface area contributed by atoms with Crippen molar-refractivity contribution in [2.24, 2.45) is 0 Å². The standard InChI is InChI=1S/C16H21N3O7S/c1-7-6-27-14-11(13(22)19(14)12(7)16(25)26)18-10(21)5-3-4-9(15(23)24)17-8(2)20/h9,11,14H,3-6H2,1-2H3,(H,17,20)(H,18,21)(H,23,24)(H,25,26)/t9-,11-,14-/m1/s1. The van der Waals surface area contributed by atoms with Crippen LogP contribution in [0.1, 0.15) is 33.1 Å². The molecule has 10 nitrogen and oxygen atoms in total. The minimum atomic E-state index is -1.18. The minimum Gasteiger partial charge on any atom is -0.480 e. The first-order valence-corrected chi connectivity index (χ1v) is 9.35. The SMILES string of the molecule is CC(=O)N[C@H](CCCC(=O)N[C@@H]1C(=O)N2C(C(=O)O)=C(C)CS[C@H]12)C(=O)O. The molecule has 0 saturated carbocycles. The monoisotopic (exact) mass is 399 g/mol. The molecular formula is C16H21N3O7S. The molecule has 0 aromatic carbocycles. The molecule has 3 atom stereocenters. The highest BCUT2D eigenvalue weighted by Gasteiger charge is 2.53. The average Bonchev–Trinajstić information content (AvgIpc) is 2.57. The predicted molar refractivity (Wildman–Crippen MR) is 94.5 cm³/mol. The summed E-state index contributed by atoms with van der Waals surface area (Å²) in [5.74, 6) is -3.27. The third-order valence-corrected chi connectivity index (χ3v) is 5.67. The van der Waals surface area contributed by atoms with Gasteiger partial charge in [-0.25, -0.2) is 9.59 Å². The number of carboxylic acid groups (broad SMARTS) is 2. The second-order valence-corrected chi connectivity index (χ2v) is 7.48. The number of rotatable bonds is 8. The van der Waals surface area contributed by atoms with Gasteiger partial charge in [-0.2, -0.15) is 0 Å². The largest absolute Gasteiger partial charge is 0.480 e. The van der Waals surface area contributed by atoms with Gasteiger partial charge in [0.05, 0.1) is 0 Å². The van der Waals surface area contributed by atoms with E-state index in [1.807, 2.05) is 0 Å². The highest BCUT2D eigenvalue weighted by Crippen LogP contribution is 2.40. The first kappa shape index (κ1) is 20.7. The van der Waals surface area contributed by atoms with Crippen molar-refractivity contribution in [1.82, 2.24) is 15.5 Å². The molecule has 0 aliphatic carbocycles. The Labute approximate surface area is 159 Å². The van der Waals surface area contributed by atoms with Gasteiger partial charge in [-0.1, -0.05) is 0 Å². The summed E-state index contributed by atoms with van der Waals surface area (Å²) in [7, 11) is 0. The van der Waals surface area contributed by atoms with Gasteiger partial charge in [0.15, 0.2) is 0 Å². The molecule has 148 valence electrons. The highest BCUT2D eigenvalue weighted by molar-refractivity contribution is 8.00. The maximum atomic E-state index is 12.3. The first-order valence-electron chi connectivity index (χ1n) is 8.30. The van der Waals surface area contributed by atoms with E-state index in [1.54, 1.807) is 6.92 Å². The Balaban J connectivity index is 1.86. The van der Waals surface area contributed by atoms with E-state index >= 15 is 0 Å². The molecule has 0 spiro atoms. The zero-order valence-corrected chi connectivity index (χ0v) is 15.7. The number of carbonyl (C=O) groups is 5. The van der Waals surface area contributed by atoms with Gasteiger partial charge in [-0.3, -0.25) is 19.3 Å². The normalized spacial score (nSPS) is 22.4. The van der Waals surface area contributed by atoms with E-state index in [4.69, 9.17) is 5.11 Å². The number of nitrogens with one attached hydrogen (secondary N) is 2. The number of thioether (sulfide) groups is 1. The summed E-state index contributed by atoms with van der Waals surface area (Å²) >= 11 is 1.38. The van der Waals surface area contributed by atoms with Crippen LogP contribution in [-0.4, -0.2) is 68.0 Å². The number of fused-ring (bicyclic) bond motifs is 1. The maximum absolute atomic E-state index is 12.3. The van der Waals surface area contributed by atoms with Crippen molar-refractivity contribution in [2.45, 2.75) is 50.6 Å². The zero-order valence-electron chi connectivity index (χ0n) is 14.9. The molecule has 3 amide bonds. The van der Waals surface area contributed by atoms with Crippen molar-refractivity contribution < 1.29 is 34.2 Å². The molecule has 27 heavy (non-hydrogen) atoms. The number of β-lactam (4-membered cyclic amide) rings is 1. The molecule has 0 unspecified atom stereocenters. The Morgan fingerprint density at radius 2 is 1.96 bits per heavy atom. The Morgan fingerprint density at radius 1 is 1.30 bits per heavy atom. The first-order chi connectivity index (χ1) is 12.6. The fraction of sp³-hybridized carbons (Fsp3) is 0.562. The molecule has 11 heteroatoms. The molecule has 1 fully saturated rings. The van der Waals surface area contributed by atoms with E-state index in [0.29, 0.717) is 11.3 Å². The van der Waals surface area contributed by atoms with Crippen LogP contribution >= 0.6 is 11.8 Å². The molecule has 2 aliphatic rings. The van der Waals surface area contributed by atoms with Crippen molar-refractivity contribution in [1.29, 1.82) is 0 Å². The quantitative estimate of drug-likeness (QED) is 0.399. The van der Waals surface area contributed by atoms with Gasteiger partial charge in [-0.05, 0) is 25.3 Å². The van der Waals surface area contributed by atoms with Gasteiger partial charge in [0.25, 0.3) is 5.91 Å². The van der Waals surface area contributed by atoms with Crippen molar-refractivity contribution >= 4 is 41.4 Å². The lowest BCUT2D eigenvalue weighted by Gasteiger charge is -2.49. The van der Waals surface area contributed by atoms with Crippen LogP contribution < -0.4 is 10.6 Å². The van der Waals surface area contributed by atoms with Gasteiger partial charge < -0.3 is 20.8 Å². The molecular weight excluding hydrogens is 378 g/mol. The van der Waals surface area contributed by atoms with Crippen LogP contribution in [0.4, 0.5) is 0 Å². The Kier molecular flexibility index (Phi) is 6.47. The number of carboxylic acids is 2. The molecule has 1 saturated heterocycles. The second-order valence-electron chi connectivity index (χ2n) is 6.37. The Hall–Kier alpha value is -2.56. The van der Waals surface area contributed by atoms with E-state index in [2.05, 4.69) is 10.6 Å². The summed E-state index contributed by atoms with van der Waals surface area (Å²) in [6.45, 7) is 2.86. The maximum Gasteiger partial charge on any atom is 0.352 e. The summed E-state index contributed by atoms with van der Waals surface area (Å²) in [4.78, 5) is 58.9. The van der Waals surface area contributed by atoms with Crippen molar-refractivity contribution in [3.63, 3.8) is 0 Å². The fourth-order valence-electron chi connectivity index (χ4n) is 2.99. The molecule has 0 bridgehead atoms. The third kappa shape index (κ3) is 4.59. The van der Waals surface area contributed by atoms with E-state index < -0.39 is 47.1 Å². The zero-order chi connectivity index (χ0) is 20.3. The van der Waals surface area contributed by atoms with E-state index in [9.17, 15) is 29.1 Å². The van der Waals surface area contributed by atoms with E-state index in [1.165, 1.54) is 23.6 Å². The van der Waals surface area contributed by atoms with Gasteiger partial charge in [0.1, 0.15) is 23.2 Å². The number of hydrogen-bond donors (Lipinski definition) is 4. The lowest BCUT2D eigenvalue weighted by molar-refractivity contribution is -0.150. The number of amides is 3. The molecule has 2 rings (SSSR count). The smallest absolute Gasteiger partial charge is 0.352 e. The number of carbonyl (C=O) groups excluding carboxylic acids is 3. The molecule has 2 heterocycles. The predicted octanol–water partition coefficient (Wildman–Crippen LogP) is -0.495. The second kappa shape index (κ2) is 8.42. The molecule has 0 radical (unpaired) electrons. The Bertz CT molecular complexity index is 721. The topological polar surface area (TPSA) is 153 Å². The lowest BCUT2D eigenvalue weighted by atomic mass is 10.0. The molecule has 2 aliphatic heterocycles. The van der Waals surface area contributed by atoms with Crippen molar-refractivity contribution in [2.75, 3.05) is 5.75 Å². The van der Waals surface area contributed by atoms with E-state index in [0.717, 1.165) is 0 Å². The van der Waals surface area contributed by atoms with Crippen LogP contribution in [0.15, 0.2) is 11.3 Å². The van der Waals surface area contributed by atoms with Crippen LogP contribution in [0.3, 0.4) is 0 Å². The Morgan fingerprint density at radius 3 is 2.52 bits per heavy atom. The number of nitrogens with zero attached hydrogens (tertiary/aromatic N) is 1. The number of aliphatic carboxylic acids is 2. The van der Waals surface area contributed by atoms with Crippen LogP contribution in [0.25, 0.3) is 0 Å². The summed E-state index contributed by atoms with van der Waals surface area (Å²) in [6, 6.07) is -1.87. The molecule has 4 N–H and O–H groups in total. The van der Waals surface area contributed by atoms with Crippen molar-refractivity contribution in [3.05, 3.63) is 11.3 Å². The molecule has 0 aromatic rings. The minimum absolute atomic E-state index is 0.00874. The summed E-state index contributed by atoms with van der Waals surface area (Å²) in [6.07, 6.45) is 0.284. The van der Waals surface area contributed by atoms with E-state index in [-0.39, 0.29) is 25.0 Å². The third-order valence-electron chi connectivity index (χ3n) is 4.25. The van der Waals surface area contributed by atoms with Gasteiger partial charge >= 0.3 is 11.9 Å². The number of hydrogen-bond acceptors (Lipinski definition) is 6. The highest BCUT2D eigenvalue weighted by atomic mass is 32.2. The fourth-order valence-corrected chi connectivity index (χ4v) is 4.28. The van der Waals surface area contributed by atoms with Gasteiger partial charge in [0, 0.05) is 19.1 Å². The van der Waals surface area contributed by atoms with Gasteiger partial charge in [-0.15, -0.1) is 11.8 Å². The van der Waals surface area contributed by atoms with Crippen LogP contribution in [0, 0.1) is 0 Å². The summed E-state index contributed by atoms with van der Waals surface area (Å²) in [5.41, 5.74) is 0.563. The van der Waals surface area contributed by atoms with Crippen LogP contribution in [0.2, 0.25) is 0 Å². The summed E-state index contributed by atoms with van der Waals surface area (Å²) in [5, 5.41) is 22.7. The summed E-state index contributed by atoms with van der Waals surface area (Å²) < 4.78 is 0. The van der Waals surface area contributed by atoms with Gasteiger partial charge in [0.2, 0.25) is 11.8 Å². The average molecular weight is 399 g/mol. The van der Waals surface area contributed by atoms with Crippen molar-refractivity contribution in [3.8, 4) is 0 Å².